The van der Waals surface area contributed by atoms with Crippen molar-refractivity contribution in [3.05, 3.63) is 6.07 Å². The van der Waals surface area contributed by atoms with E-state index in [2.05, 4.69) is 20.2 Å². The topological polar surface area (TPSA) is 87.3 Å². The van der Waals surface area contributed by atoms with Crippen molar-refractivity contribution in [2.45, 2.75) is 50.5 Å². The van der Waals surface area contributed by atoms with Gasteiger partial charge in [-0.2, -0.15) is 9.97 Å². The summed E-state index contributed by atoms with van der Waals surface area (Å²) in [4.78, 5) is 11.0. The molecule has 0 spiro atoms. The SMILES string of the molecule is Nc1cc(NCC2(O)CCCCC2)nc(N2CCCC2)n1. The van der Waals surface area contributed by atoms with Gasteiger partial charge in [0.05, 0.1) is 5.60 Å². The summed E-state index contributed by atoms with van der Waals surface area (Å²) < 4.78 is 0. The second-order valence-electron chi connectivity index (χ2n) is 6.31. The molecule has 6 nitrogen and oxygen atoms in total. The van der Waals surface area contributed by atoms with Crippen LogP contribution in [0.4, 0.5) is 17.6 Å². The zero-order valence-electron chi connectivity index (χ0n) is 12.5. The van der Waals surface area contributed by atoms with Crippen LogP contribution >= 0.6 is 0 Å². The molecule has 1 saturated heterocycles. The molecular formula is C15H25N5O. The standard InChI is InChI=1S/C15H25N5O/c16-12-10-13(17-11-15(21)6-2-1-3-7-15)19-14(18-12)20-8-4-5-9-20/h10,21H,1-9,11H2,(H3,16,17,18,19). The van der Waals surface area contributed by atoms with Gasteiger partial charge in [0.15, 0.2) is 0 Å². The fourth-order valence-corrected chi connectivity index (χ4v) is 3.24. The zero-order valence-corrected chi connectivity index (χ0v) is 12.5. The molecule has 2 fully saturated rings. The molecule has 1 aromatic heterocycles. The van der Waals surface area contributed by atoms with Crippen molar-refractivity contribution >= 4 is 17.6 Å². The smallest absolute Gasteiger partial charge is 0.229 e. The van der Waals surface area contributed by atoms with Gasteiger partial charge in [0.2, 0.25) is 5.95 Å². The molecule has 2 aliphatic rings. The maximum atomic E-state index is 10.5. The summed E-state index contributed by atoms with van der Waals surface area (Å²) in [7, 11) is 0. The second kappa shape index (κ2) is 6.05. The molecule has 0 unspecified atom stereocenters. The van der Waals surface area contributed by atoms with E-state index in [9.17, 15) is 5.11 Å². The normalized spacial score (nSPS) is 21.5. The van der Waals surface area contributed by atoms with Gasteiger partial charge in [0.25, 0.3) is 0 Å². The lowest BCUT2D eigenvalue weighted by Gasteiger charge is -2.32. The van der Waals surface area contributed by atoms with Gasteiger partial charge in [0.1, 0.15) is 11.6 Å². The Balaban J connectivity index is 1.67. The fourth-order valence-electron chi connectivity index (χ4n) is 3.24. The lowest BCUT2D eigenvalue weighted by atomic mass is 9.85. The maximum Gasteiger partial charge on any atom is 0.229 e. The Kier molecular flexibility index (Phi) is 4.14. The monoisotopic (exact) mass is 291 g/mol. The number of hydrogen-bond acceptors (Lipinski definition) is 6. The van der Waals surface area contributed by atoms with E-state index in [4.69, 9.17) is 5.73 Å². The van der Waals surface area contributed by atoms with Crippen molar-refractivity contribution in [3.8, 4) is 0 Å². The third kappa shape index (κ3) is 3.56. The van der Waals surface area contributed by atoms with E-state index in [1.165, 1.54) is 19.3 Å². The summed E-state index contributed by atoms with van der Waals surface area (Å²) in [6.07, 6.45) is 7.51. The van der Waals surface area contributed by atoms with E-state index < -0.39 is 5.60 Å². The molecule has 0 bridgehead atoms. The number of rotatable bonds is 4. The van der Waals surface area contributed by atoms with Crippen molar-refractivity contribution in [1.82, 2.24) is 9.97 Å². The van der Waals surface area contributed by atoms with Crippen molar-refractivity contribution in [2.75, 3.05) is 35.6 Å². The molecule has 3 rings (SSSR count). The molecule has 0 amide bonds. The van der Waals surface area contributed by atoms with Gasteiger partial charge in [-0.25, -0.2) is 0 Å². The quantitative estimate of drug-likeness (QED) is 0.783. The highest BCUT2D eigenvalue weighted by molar-refractivity contribution is 5.51. The number of aromatic nitrogens is 2. The van der Waals surface area contributed by atoms with E-state index >= 15 is 0 Å². The first-order valence-corrected chi connectivity index (χ1v) is 8.00. The molecule has 116 valence electrons. The Morgan fingerprint density at radius 3 is 2.57 bits per heavy atom. The van der Waals surface area contributed by atoms with Crippen molar-refractivity contribution in [2.24, 2.45) is 0 Å². The van der Waals surface area contributed by atoms with Crippen LogP contribution in [-0.4, -0.2) is 40.3 Å². The van der Waals surface area contributed by atoms with Gasteiger partial charge in [-0.15, -0.1) is 0 Å². The van der Waals surface area contributed by atoms with E-state index in [1.807, 2.05) is 0 Å². The fraction of sp³-hybridized carbons (Fsp3) is 0.733. The molecular weight excluding hydrogens is 266 g/mol. The molecule has 6 heteroatoms. The van der Waals surface area contributed by atoms with Crippen molar-refractivity contribution < 1.29 is 5.11 Å². The summed E-state index contributed by atoms with van der Waals surface area (Å²) in [5.74, 6) is 1.89. The van der Waals surface area contributed by atoms with Gasteiger partial charge in [-0.1, -0.05) is 19.3 Å². The first kappa shape index (κ1) is 14.4. The number of hydrogen-bond donors (Lipinski definition) is 3. The van der Waals surface area contributed by atoms with E-state index in [0.29, 0.717) is 24.1 Å². The Labute approximate surface area is 125 Å². The third-order valence-electron chi connectivity index (χ3n) is 4.51. The predicted molar refractivity (Wildman–Crippen MR) is 84.4 cm³/mol. The minimum atomic E-state index is -0.605. The van der Waals surface area contributed by atoms with Gasteiger partial charge in [0, 0.05) is 25.7 Å². The summed E-state index contributed by atoms with van der Waals surface area (Å²) in [6.45, 7) is 2.52. The van der Waals surface area contributed by atoms with Crippen LogP contribution in [0.1, 0.15) is 44.9 Å². The lowest BCUT2D eigenvalue weighted by Crippen LogP contribution is -2.39. The first-order valence-electron chi connectivity index (χ1n) is 8.00. The zero-order chi connectivity index (χ0) is 14.7. The largest absolute Gasteiger partial charge is 0.388 e. The molecule has 1 aliphatic heterocycles. The minimum absolute atomic E-state index is 0.477. The Bertz CT molecular complexity index is 481. The molecule has 1 saturated carbocycles. The number of nitrogens with one attached hydrogen (secondary N) is 1. The van der Waals surface area contributed by atoms with Crippen LogP contribution in [-0.2, 0) is 0 Å². The average Bonchev–Trinajstić information content (AvgIpc) is 3.00. The summed E-state index contributed by atoms with van der Waals surface area (Å²) in [5, 5.41) is 13.8. The molecule has 21 heavy (non-hydrogen) atoms. The lowest BCUT2D eigenvalue weighted by molar-refractivity contribution is 0.0166. The average molecular weight is 291 g/mol. The van der Waals surface area contributed by atoms with Crippen molar-refractivity contribution in [1.29, 1.82) is 0 Å². The summed E-state index contributed by atoms with van der Waals surface area (Å²) in [6, 6.07) is 1.74. The molecule has 1 aromatic rings. The van der Waals surface area contributed by atoms with Crippen LogP contribution in [0.15, 0.2) is 6.07 Å². The Morgan fingerprint density at radius 1 is 1.14 bits per heavy atom. The summed E-state index contributed by atoms with van der Waals surface area (Å²) in [5.41, 5.74) is 5.28. The Morgan fingerprint density at radius 2 is 1.86 bits per heavy atom. The first-order chi connectivity index (χ1) is 10.1. The maximum absolute atomic E-state index is 10.5. The summed E-state index contributed by atoms with van der Waals surface area (Å²) >= 11 is 0. The van der Waals surface area contributed by atoms with Crippen LogP contribution in [0.2, 0.25) is 0 Å². The minimum Gasteiger partial charge on any atom is -0.388 e. The predicted octanol–water partition coefficient (Wildman–Crippen LogP) is 1.77. The van der Waals surface area contributed by atoms with Crippen LogP contribution in [0.5, 0.6) is 0 Å². The second-order valence-corrected chi connectivity index (χ2v) is 6.31. The highest BCUT2D eigenvalue weighted by Gasteiger charge is 2.29. The number of nitrogens with two attached hydrogens (primary N) is 1. The van der Waals surface area contributed by atoms with Crippen LogP contribution in [0, 0.1) is 0 Å². The van der Waals surface area contributed by atoms with E-state index in [1.54, 1.807) is 6.07 Å². The molecule has 2 heterocycles. The highest BCUT2D eigenvalue weighted by atomic mass is 16.3. The van der Waals surface area contributed by atoms with Crippen LogP contribution in [0.3, 0.4) is 0 Å². The van der Waals surface area contributed by atoms with Crippen LogP contribution in [0.25, 0.3) is 0 Å². The van der Waals surface area contributed by atoms with Gasteiger partial charge in [-0.3, -0.25) is 0 Å². The molecule has 1 aliphatic carbocycles. The van der Waals surface area contributed by atoms with E-state index in [-0.39, 0.29) is 0 Å². The number of nitrogens with zero attached hydrogens (tertiary/aromatic N) is 3. The van der Waals surface area contributed by atoms with Gasteiger partial charge >= 0.3 is 0 Å². The number of nitrogen functional groups attached to an aromatic ring is 1. The molecule has 0 atom stereocenters. The van der Waals surface area contributed by atoms with Gasteiger partial charge in [-0.05, 0) is 25.7 Å². The molecule has 0 radical (unpaired) electrons. The van der Waals surface area contributed by atoms with E-state index in [0.717, 1.165) is 38.8 Å². The number of anilines is 3. The highest BCUT2D eigenvalue weighted by Crippen LogP contribution is 2.28. The molecule has 4 N–H and O–H groups in total. The molecule has 0 aromatic carbocycles. The van der Waals surface area contributed by atoms with Crippen LogP contribution < -0.4 is 16.0 Å². The third-order valence-corrected chi connectivity index (χ3v) is 4.51. The van der Waals surface area contributed by atoms with Crippen molar-refractivity contribution in [3.63, 3.8) is 0 Å². The van der Waals surface area contributed by atoms with Gasteiger partial charge < -0.3 is 21.1 Å². The number of aliphatic hydroxyl groups is 1. The Hall–Kier alpha value is -1.56.